The average molecular weight is 305 g/mol. The van der Waals surface area contributed by atoms with Crippen LogP contribution in [0.1, 0.15) is 9.67 Å². The number of amides is 1. The molecule has 21 heavy (non-hydrogen) atoms. The standard InChI is InChI=1S/C13H15N5O2S/c1-20-10-2-3-14-12(8-10)17-4-6-18(7-5-17)13(19)11-9-15-16-21-11/h2-3,8-9H,4-7H2,1H3. The Bertz CT molecular complexity index is 611. The number of ether oxygens (including phenoxy) is 1. The minimum Gasteiger partial charge on any atom is -0.497 e. The molecule has 2 aromatic rings. The van der Waals surface area contributed by atoms with Gasteiger partial charge in [-0.15, -0.1) is 5.10 Å². The molecule has 7 nitrogen and oxygen atoms in total. The van der Waals surface area contributed by atoms with Crippen LogP contribution in [0.2, 0.25) is 0 Å². The van der Waals surface area contributed by atoms with E-state index < -0.39 is 0 Å². The summed E-state index contributed by atoms with van der Waals surface area (Å²) in [5, 5.41) is 3.71. The molecule has 3 rings (SSSR count). The van der Waals surface area contributed by atoms with Gasteiger partial charge in [0.2, 0.25) is 0 Å². The average Bonchev–Trinajstić information content (AvgIpc) is 3.09. The van der Waals surface area contributed by atoms with E-state index in [0.717, 1.165) is 36.2 Å². The van der Waals surface area contributed by atoms with Crippen molar-refractivity contribution in [2.45, 2.75) is 0 Å². The Morgan fingerprint density at radius 1 is 1.33 bits per heavy atom. The maximum absolute atomic E-state index is 12.2. The number of piperazine rings is 1. The fraction of sp³-hybridized carbons (Fsp3) is 0.385. The molecule has 1 saturated heterocycles. The first kappa shape index (κ1) is 13.7. The number of hydrogen-bond donors (Lipinski definition) is 0. The van der Waals surface area contributed by atoms with E-state index in [-0.39, 0.29) is 5.91 Å². The van der Waals surface area contributed by atoms with E-state index in [2.05, 4.69) is 19.5 Å². The van der Waals surface area contributed by atoms with Gasteiger partial charge in [-0.05, 0) is 17.6 Å². The number of rotatable bonds is 3. The lowest BCUT2D eigenvalue weighted by atomic mass is 10.3. The van der Waals surface area contributed by atoms with Crippen LogP contribution in [0.3, 0.4) is 0 Å². The first-order valence-corrected chi connectivity index (χ1v) is 7.37. The third-order valence-corrected chi connectivity index (χ3v) is 4.07. The van der Waals surface area contributed by atoms with Gasteiger partial charge in [-0.25, -0.2) is 4.98 Å². The van der Waals surface area contributed by atoms with Crippen molar-refractivity contribution in [1.29, 1.82) is 0 Å². The highest BCUT2D eigenvalue weighted by molar-refractivity contribution is 7.07. The summed E-state index contributed by atoms with van der Waals surface area (Å²) in [6, 6.07) is 3.73. The molecule has 0 radical (unpaired) electrons. The van der Waals surface area contributed by atoms with Gasteiger partial charge in [0.25, 0.3) is 5.91 Å². The van der Waals surface area contributed by atoms with Crippen LogP contribution in [-0.2, 0) is 0 Å². The zero-order chi connectivity index (χ0) is 14.7. The third kappa shape index (κ3) is 2.94. The van der Waals surface area contributed by atoms with Gasteiger partial charge >= 0.3 is 0 Å². The molecule has 1 aliphatic heterocycles. The van der Waals surface area contributed by atoms with Crippen LogP contribution in [0.25, 0.3) is 0 Å². The minimum atomic E-state index is 0.00301. The van der Waals surface area contributed by atoms with E-state index >= 15 is 0 Å². The monoisotopic (exact) mass is 305 g/mol. The second kappa shape index (κ2) is 6.04. The van der Waals surface area contributed by atoms with Crippen molar-refractivity contribution in [3.05, 3.63) is 29.4 Å². The van der Waals surface area contributed by atoms with E-state index in [1.165, 1.54) is 6.20 Å². The van der Waals surface area contributed by atoms with E-state index in [1.807, 2.05) is 17.0 Å². The molecule has 110 valence electrons. The normalized spacial score (nSPS) is 15.1. The molecule has 0 aliphatic carbocycles. The molecule has 0 spiro atoms. The molecule has 3 heterocycles. The number of pyridine rings is 1. The molecule has 0 bridgehead atoms. The van der Waals surface area contributed by atoms with E-state index in [9.17, 15) is 4.79 Å². The Morgan fingerprint density at radius 2 is 2.14 bits per heavy atom. The van der Waals surface area contributed by atoms with Crippen molar-refractivity contribution in [3.8, 4) is 5.75 Å². The lowest BCUT2D eigenvalue weighted by Crippen LogP contribution is -2.48. The number of methoxy groups -OCH3 is 1. The topological polar surface area (TPSA) is 71.5 Å². The Kier molecular flexibility index (Phi) is 3.96. The number of carbonyl (C=O) groups is 1. The predicted molar refractivity (Wildman–Crippen MR) is 78.8 cm³/mol. The molecule has 0 atom stereocenters. The summed E-state index contributed by atoms with van der Waals surface area (Å²) >= 11 is 1.13. The van der Waals surface area contributed by atoms with Crippen LogP contribution >= 0.6 is 11.5 Å². The molecular weight excluding hydrogens is 290 g/mol. The van der Waals surface area contributed by atoms with E-state index in [4.69, 9.17) is 4.74 Å². The first-order valence-electron chi connectivity index (χ1n) is 6.59. The Hall–Kier alpha value is -2.22. The lowest BCUT2D eigenvalue weighted by Gasteiger charge is -2.35. The fourth-order valence-corrected chi connectivity index (χ4v) is 2.74. The second-order valence-corrected chi connectivity index (χ2v) is 5.40. The molecule has 0 saturated carbocycles. The summed E-state index contributed by atoms with van der Waals surface area (Å²) in [7, 11) is 1.64. The Morgan fingerprint density at radius 3 is 2.81 bits per heavy atom. The van der Waals surface area contributed by atoms with Gasteiger partial charge in [-0.1, -0.05) is 4.49 Å². The third-order valence-electron chi connectivity index (χ3n) is 3.42. The Balaban J connectivity index is 1.63. The maximum Gasteiger partial charge on any atom is 0.267 e. The molecule has 2 aromatic heterocycles. The molecule has 1 aliphatic rings. The van der Waals surface area contributed by atoms with E-state index in [1.54, 1.807) is 13.3 Å². The molecule has 8 heteroatoms. The second-order valence-electron chi connectivity index (χ2n) is 4.61. The highest BCUT2D eigenvalue weighted by Gasteiger charge is 2.24. The number of anilines is 1. The summed E-state index contributed by atoms with van der Waals surface area (Å²) in [6.45, 7) is 2.82. The highest BCUT2D eigenvalue weighted by atomic mass is 32.1. The summed E-state index contributed by atoms with van der Waals surface area (Å²) in [5.41, 5.74) is 0. The van der Waals surface area contributed by atoms with Crippen molar-refractivity contribution < 1.29 is 9.53 Å². The quantitative estimate of drug-likeness (QED) is 0.839. The molecule has 0 unspecified atom stereocenters. The van der Waals surface area contributed by atoms with Gasteiger partial charge in [0, 0.05) is 38.4 Å². The number of carbonyl (C=O) groups excluding carboxylic acids is 1. The highest BCUT2D eigenvalue weighted by Crippen LogP contribution is 2.20. The van der Waals surface area contributed by atoms with Crippen LogP contribution in [-0.4, -0.2) is 58.7 Å². The van der Waals surface area contributed by atoms with Crippen molar-refractivity contribution in [2.24, 2.45) is 0 Å². The molecule has 0 N–H and O–H groups in total. The van der Waals surface area contributed by atoms with Gasteiger partial charge in [0.15, 0.2) is 0 Å². The molecule has 0 aromatic carbocycles. The molecule has 1 amide bonds. The maximum atomic E-state index is 12.2. The predicted octanol–water partition coefficient (Wildman–Crippen LogP) is 0.904. The zero-order valence-corrected chi connectivity index (χ0v) is 12.4. The summed E-state index contributed by atoms with van der Waals surface area (Å²) < 4.78 is 8.94. The number of hydrogen-bond acceptors (Lipinski definition) is 7. The van der Waals surface area contributed by atoms with Crippen LogP contribution in [0.5, 0.6) is 5.75 Å². The van der Waals surface area contributed by atoms with Crippen molar-refractivity contribution in [3.63, 3.8) is 0 Å². The first-order chi connectivity index (χ1) is 10.3. The van der Waals surface area contributed by atoms with Gasteiger partial charge in [-0.2, -0.15) is 0 Å². The van der Waals surface area contributed by atoms with Crippen molar-refractivity contribution in [2.75, 3.05) is 38.2 Å². The van der Waals surface area contributed by atoms with Gasteiger partial charge in [0.1, 0.15) is 16.4 Å². The van der Waals surface area contributed by atoms with Gasteiger partial charge < -0.3 is 14.5 Å². The fourth-order valence-electron chi connectivity index (χ4n) is 2.26. The smallest absolute Gasteiger partial charge is 0.267 e. The van der Waals surface area contributed by atoms with Crippen molar-refractivity contribution >= 4 is 23.3 Å². The SMILES string of the molecule is COc1ccnc(N2CCN(C(=O)c3cnns3)CC2)c1. The minimum absolute atomic E-state index is 0.00301. The Labute approximate surface area is 126 Å². The van der Waals surface area contributed by atoms with Gasteiger partial charge in [-0.3, -0.25) is 4.79 Å². The molecule has 1 fully saturated rings. The lowest BCUT2D eigenvalue weighted by molar-refractivity contribution is 0.0751. The van der Waals surface area contributed by atoms with Crippen LogP contribution in [0.15, 0.2) is 24.5 Å². The van der Waals surface area contributed by atoms with E-state index in [0.29, 0.717) is 18.0 Å². The van der Waals surface area contributed by atoms with Crippen LogP contribution < -0.4 is 9.64 Å². The van der Waals surface area contributed by atoms with Gasteiger partial charge in [0.05, 0.1) is 13.3 Å². The number of nitrogens with zero attached hydrogens (tertiary/aromatic N) is 5. The molecular formula is C13H15N5O2S. The largest absolute Gasteiger partial charge is 0.497 e. The van der Waals surface area contributed by atoms with Crippen LogP contribution in [0, 0.1) is 0 Å². The van der Waals surface area contributed by atoms with Crippen LogP contribution in [0.4, 0.5) is 5.82 Å². The zero-order valence-electron chi connectivity index (χ0n) is 11.6. The summed E-state index contributed by atoms with van der Waals surface area (Å²) in [4.78, 5) is 21.1. The number of aromatic nitrogens is 3. The summed E-state index contributed by atoms with van der Waals surface area (Å²) in [6.07, 6.45) is 3.25. The summed E-state index contributed by atoms with van der Waals surface area (Å²) in [5.74, 6) is 1.67. The van der Waals surface area contributed by atoms with Crippen molar-refractivity contribution in [1.82, 2.24) is 19.5 Å².